The molecule has 0 bridgehead atoms. The summed E-state index contributed by atoms with van der Waals surface area (Å²) in [5.74, 6) is 0.525. The average Bonchev–Trinajstić information content (AvgIpc) is 3.11. The largest absolute Gasteiger partial charge is 0.493 e. The Balaban J connectivity index is 2.11. The molecule has 0 saturated heterocycles. The zero-order valence-electron chi connectivity index (χ0n) is 18.6. The molecule has 0 saturated carbocycles. The molecule has 2 amide bonds. The lowest BCUT2D eigenvalue weighted by Gasteiger charge is -2.12. The molecule has 1 N–H and O–H groups in total. The van der Waals surface area contributed by atoms with Crippen LogP contribution in [0.25, 0.3) is 10.2 Å². The van der Waals surface area contributed by atoms with Gasteiger partial charge in [-0.1, -0.05) is 11.3 Å². The molecule has 0 unspecified atom stereocenters. The number of benzene rings is 2. The van der Waals surface area contributed by atoms with E-state index in [1.54, 1.807) is 19.2 Å². The zero-order chi connectivity index (χ0) is 23.3. The number of hydrogen-bond donors (Lipinski definition) is 1. The zero-order valence-corrected chi connectivity index (χ0v) is 19.4. The lowest BCUT2D eigenvalue weighted by Crippen LogP contribution is -2.19. The molecule has 0 fully saturated rings. The first kappa shape index (κ1) is 23.3. The predicted molar refractivity (Wildman–Crippen MR) is 122 cm³/mol. The van der Waals surface area contributed by atoms with Gasteiger partial charge in [-0.2, -0.15) is 4.99 Å². The highest BCUT2D eigenvalue weighted by Crippen LogP contribution is 2.38. The van der Waals surface area contributed by atoms with Crippen LogP contribution in [0.15, 0.2) is 35.3 Å². The summed E-state index contributed by atoms with van der Waals surface area (Å²) in [4.78, 5) is 29.3. The first-order chi connectivity index (χ1) is 15.4. The van der Waals surface area contributed by atoms with E-state index in [0.717, 1.165) is 10.2 Å². The quantitative estimate of drug-likeness (QED) is 0.556. The normalized spacial score (nSPS) is 11.5. The van der Waals surface area contributed by atoms with Gasteiger partial charge < -0.3 is 28.8 Å². The number of carbonyl (C=O) groups is 2. The Hall–Kier alpha value is -3.37. The van der Waals surface area contributed by atoms with Gasteiger partial charge in [-0.25, -0.2) is 0 Å². The highest BCUT2D eigenvalue weighted by molar-refractivity contribution is 7.16. The van der Waals surface area contributed by atoms with Crippen molar-refractivity contribution in [1.82, 2.24) is 4.57 Å². The van der Waals surface area contributed by atoms with E-state index < -0.39 is 5.91 Å². The number of aromatic nitrogens is 1. The number of carbonyl (C=O) groups excluding carboxylic acids is 2. The van der Waals surface area contributed by atoms with Crippen LogP contribution in [0.5, 0.6) is 17.2 Å². The molecule has 0 radical (unpaired) electrons. The molecule has 170 valence electrons. The monoisotopic (exact) mass is 459 g/mol. The maximum Gasteiger partial charge on any atom is 0.279 e. The van der Waals surface area contributed by atoms with Gasteiger partial charge in [-0.05, 0) is 30.3 Å². The Morgan fingerprint density at radius 2 is 1.72 bits per heavy atom. The molecule has 3 rings (SSSR count). The number of rotatable bonds is 8. The van der Waals surface area contributed by atoms with E-state index in [4.69, 9.17) is 18.9 Å². The Morgan fingerprint density at radius 3 is 2.28 bits per heavy atom. The lowest BCUT2D eigenvalue weighted by molar-refractivity contribution is -0.114. The third kappa shape index (κ3) is 4.92. The number of thiazole rings is 1. The number of methoxy groups -OCH3 is 4. The number of fused-ring (bicyclic) bond motifs is 1. The fourth-order valence-corrected chi connectivity index (χ4v) is 4.29. The van der Waals surface area contributed by atoms with Crippen molar-refractivity contribution in [3.05, 3.63) is 40.7 Å². The SMILES string of the molecule is COCCn1c(=NC(=O)c2cc(OC)c(OC)c(OC)c2)sc2cc(NC(C)=O)ccc21. The second-order valence-electron chi connectivity index (χ2n) is 6.72. The van der Waals surface area contributed by atoms with Crippen LogP contribution >= 0.6 is 11.3 Å². The summed E-state index contributed by atoms with van der Waals surface area (Å²) in [6.07, 6.45) is 0. The van der Waals surface area contributed by atoms with Crippen molar-refractivity contribution >= 4 is 39.1 Å². The number of amides is 2. The predicted octanol–water partition coefficient (Wildman–Crippen LogP) is 3.07. The number of hydrogen-bond acceptors (Lipinski definition) is 7. The molecule has 1 heterocycles. The number of nitrogens with zero attached hydrogens (tertiary/aromatic N) is 2. The number of nitrogens with one attached hydrogen (secondary N) is 1. The minimum atomic E-state index is -0.455. The maximum absolute atomic E-state index is 13.1. The van der Waals surface area contributed by atoms with Crippen LogP contribution in [-0.2, 0) is 16.1 Å². The molecule has 9 nitrogen and oxygen atoms in total. The smallest absolute Gasteiger partial charge is 0.279 e. The molecule has 2 aromatic carbocycles. The van der Waals surface area contributed by atoms with E-state index in [1.165, 1.54) is 39.6 Å². The van der Waals surface area contributed by atoms with Crippen molar-refractivity contribution in [2.24, 2.45) is 4.99 Å². The van der Waals surface area contributed by atoms with Crippen LogP contribution in [0.4, 0.5) is 5.69 Å². The molecular formula is C22H25N3O6S. The number of ether oxygens (including phenoxy) is 4. The minimum absolute atomic E-state index is 0.157. The van der Waals surface area contributed by atoms with E-state index >= 15 is 0 Å². The van der Waals surface area contributed by atoms with Crippen LogP contribution < -0.4 is 24.3 Å². The molecule has 1 aromatic heterocycles. The molecule has 0 spiro atoms. The number of anilines is 1. The van der Waals surface area contributed by atoms with Crippen molar-refractivity contribution in [2.45, 2.75) is 13.5 Å². The van der Waals surface area contributed by atoms with Gasteiger partial charge in [-0.15, -0.1) is 0 Å². The van der Waals surface area contributed by atoms with Gasteiger partial charge in [0.2, 0.25) is 11.7 Å². The fraction of sp³-hybridized carbons (Fsp3) is 0.318. The highest BCUT2D eigenvalue weighted by Gasteiger charge is 2.17. The van der Waals surface area contributed by atoms with E-state index in [9.17, 15) is 9.59 Å². The minimum Gasteiger partial charge on any atom is -0.493 e. The molecular weight excluding hydrogens is 434 g/mol. The first-order valence-corrected chi connectivity index (χ1v) is 10.5. The average molecular weight is 460 g/mol. The van der Waals surface area contributed by atoms with E-state index in [2.05, 4.69) is 10.3 Å². The van der Waals surface area contributed by atoms with Crippen LogP contribution in [0, 0.1) is 0 Å². The Labute approximate surface area is 189 Å². The molecule has 0 atom stereocenters. The van der Waals surface area contributed by atoms with Crippen molar-refractivity contribution in [3.63, 3.8) is 0 Å². The van der Waals surface area contributed by atoms with Crippen LogP contribution in [-0.4, -0.2) is 51.4 Å². The van der Waals surface area contributed by atoms with Crippen molar-refractivity contribution in [2.75, 3.05) is 40.4 Å². The molecule has 0 aliphatic carbocycles. The van der Waals surface area contributed by atoms with Gasteiger partial charge in [0.25, 0.3) is 5.91 Å². The molecule has 3 aromatic rings. The Kier molecular flexibility index (Phi) is 7.49. The Bertz CT molecular complexity index is 1190. The summed E-state index contributed by atoms with van der Waals surface area (Å²) in [6.45, 7) is 2.41. The summed E-state index contributed by atoms with van der Waals surface area (Å²) in [7, 11) is 6.08. The van der Waals surface area contributed by atoms with Crippen molar-refractivity contribution in [1.29, 1.82) is 0 Å². The van der Waals surface area contributed by atoms with E-state index in [-0.39, 0.29) is 5.91 Å². The molecule has 10 heteroatoms. The van der Waals surface area contributed by atoms with Gasteiger partial charge >= 0.3 is 0 Å². The summed E-state index contributed by atoms with van der Waals surface area (Å²) >= 11 is 1.35. The van der Waals surface area contributed by atoms with Gasteiger partial charge in [-0.3, -0.25) is 9.59 Å². The Morgan fingerprint density at radius 1 is 1.03 bits per heavy atom. The second-order valence-corrected chi connectivity index (χ2v) is 7.73. The third-order valence-electron chi connectivity index (χ3n) is 4.63. The lowest BCUT2D eigenvalue weighted by atomic mass is 10.1. The first-order valence-electron chi connectivity index (χ1n) is 9.70. The summed E-state index contributed by atoms with van der Waals surface area (Å²) in [5, 5.41) is 2.77. The standard InChI is InChI=1S/C22H25N3O6S/c1-13(26)23-15-6-7-16-19(12-15)32-22(25(16)8-9-28-2)24-21(27)14-10-17(29-3)20(31-5)18(11-14)30-4/h6-7,10-12H,8-9H2,1-5H3,(H,23,26). The summed E-state index contributed by atoms with van der Waals surface area (Å²) in [6, 6.07) is 8.68. The summed E-state index contributed by atoms with van der Waals surface area (Å²) in [5.41, 5.74) is 1.86. The van der Waals surface area contributed by atoms with Crippen LogP contribution in [0.2, 0.25) is 0 Å². The highest BCUT2D eigenvalue weighted by atomic mass is 32.1. The third-order valence-corrected chi connectivity index (χ3v) is 5.67. The molecule has 0 aliphatic heterocycles. The van der Waals surface area contributed by atoms with Gasteiger partial charge in [0.1, 0.15) is 0 Å². The summed E-state index contributed by atoms with van der Waals surface area (Å²) < 4.78 is 24.0. The molecule has 0 aliphatic rings. The van der Waals surface area contributed by atoms with Crippen molar-refractivity contribution < 1.29 is 28.5 Å². The van der Waals surface area contributed by atoms with E-state index in [1.807, 2.05) is 22.8 Å². The van der Waals surface area contributed by atoms with Crippen LogP contribution in [0.1, 0.15) is 17.3 Å². The molecule has 32 heavy (non-hydrogen) atoms. The van der Waals surface area contributed by atoms with E-state index in [0.29, 0.717) is 46.5 Å². The fourth-order valence-electron chi connectivity index (χ4n) is 3.19. The second kappa shape index (κ2) is 10.3. The van der Waals surface area contributed by atoms with Crippen molar-refractivity contribution in [3.8, 4) is 17.2 Å². The van der Waals surface area contributed by atoms with Crippen LogP contribution in [0.3, 0.4) is 0 Å². The van der Waals surface area contributed by atoms with Gasteiger partial charge in [0.05, 0.1) is 38.2 Å². The topological polar surface area (TPSA) is 100 Å². The van der Waals surface area contributed by atoms with Gasteiger partial charge in [0.15, 0.2) is 16.3 Å². The van der Waals surface area contributed by atoms with Gasteiger partial charge in [0, 0.05) is 31.8 Å². The maximum atomic E-state index is 13.1.